The molecule has 0 bridgehead atoms. The van der Waals surface area contributed by atoms with Gasteiger partial charge in [0.15, 0.2) is 0 Å². The van der Waals surface area contributed by atoms with Crippen LogP contribution in [0.5, 0.6) is 5.75 Å². The van der Waals surface area contributed by atoms with E-state index in [9.17, 15) is 4.79 Å². The summed E-state index contributed by atoms with van der Waals surface area (Å²) in [6, 6.07) is 27.1. The predicted molar refractivity (Wildman–Crippen MR) is 128 cm³/mol. The first-order chi connectivity index (χ1) is 15.6. The summed E-state index contributed by atoms with van der Waals surface area (Å²) in [7, 11) is 0. The van der Waals surface area contributed by atoms with Crippen LogP contribution in [-0.4, -0.2) is 17.1 Å². The van der Waals surface area contributed by atoms with E-state index in [-0.39, 0.29) is 5.97 Å². The summed E-state index contributed by atoms with van der Waals surface area (Å²) in [4.78, 5) is 12.3. The summed E-state index contributed by atoms with van der Waals surface area (Å²) in [5.41, 5.74) is 5.28. The van der Waals surface area contributed by atoms with Gasteiger partial charge < -0.3 is 14.0 Å². The van der Waals surface area contributed by atoms with Crippen molar-refractivity contribution in [2.75, 3.05) is 6.61 Å². The van der Waals surface area contributed by atoms with Crippen molar-refractivity contribution in [1.82, 2.24) is 4.57 Å². The van der Waals surface area contributed by atoms with Gasteiger partial charge in [-0.3, -0.25) is 0 Å². The Morgan fingerprint density at radius 1 is 0.938 bits per heavy atom. The Kier molecular flexibility index (Phi) is 6.62. The fourth-order valence-electron chi connectivity index (χ4n) is 3.64. The van der Waals surface area contributed by atoms with Gasteiger partial charge in [0.1, 0.15) is 12.4 Å². The number of carbonyl (C=O) groups is 1. The van der Waals surface area contributed by atoms with E-state index in [1.165, 1.54) is 0 Å². The Morgan fingerprint density at radius 2 is 1.75 bits per heavy atom. The van der Waals surface area contributed by atoms with Crippen LogP contribution >= 0.6 is 11.6 Å². The predicted octanol–water partition coefficient (Wildman–Crippen LogP) is 6.86. The van der Waals surface area contributed by atoms with Gasteiger partial charge in [0, 0.05) is 22.0 Å². The van der Waals surface area contributed by atoms with Gasteiger partial charge in [-0.15, -0.1) is 0 Å². The SMILES string of the molecule is CCOC(=O)c1cccc(-n2c(C)ccc2-c2cc(Cl)ccc2OCc2ccccc2)c1. The molecule has 0 amide bonds. The molecule has 0 saturated heterocycles. The summed E-state index contributed by atoms with van der Waals surface area (Å²) >= 11 is 6.36. The number of benzene rings is 3. The van der Waals surface area contributed by atoms with E-state index in [0.29, 0.717) is 23.8 Å². The lowest BCUT2D eigenvalue weighted by atomic mass is 10.1. The van der Waals surface area contributed by atoms with E-state index >= 15 is 0 Å². The summed E-state index contributed by atoms with van der Waals surface area (Å²) < 4.78 is 13.4. The van der Waals surface area contributed by atoms with Gasteiger partial charge in [-0.2, -0.15) is 0 Å². The minimum Gasteiger partial charge on any atom is -0.488 e. The van der Waals surface area contributed by atoms with Crippen LogP contribution in [0.2, 0.25) is 5.02 Å². The van der Waals surface area contributed by atoms with Crippen molar-refractivity contribution in [1.29, 1.82) is 0 Å². The minimum absolute atomic E-state index is 0.335. The van der Waals surface area contributed by atoms with Gasteiger partial charge in [0.05, 0.1) is 17.9 Å². The van der Waals surface area contributed by atoms with Crippen LogP contribution in [0.1, 0.15) is 28.5 Å². The number of halogens is 1. The van der Waals surface area contributed by atoms with Gasteiger partial charge in [-0.05, 0) is 67.9 Å². The largest absolute Gasteiger partial charge is 0.488 e. The van der Waals surface area contributed by atoms with E-state index in [0.717, 1.165) is 34.0 Å². The number of aryl methyl sites for hydroxylation is 1. The minimum atomic E-state index is -0.338. The second kappa shape index (κ2) is 9.75. The van der Waals surface area contributed by atoms with Crippen molar-refractivity contribution < 1.29 is 14.3 Å². The van der Waals surface area contributed by atoms with E-state index in [1.807, 2.05) is 85.8 Å². The van der Waals surface area contributed by atoms with Gasteiger partial charge in [-0.1, -0.05) is 48.0 Å². The first kappa shape index (κ1) is 21.7. The maximum Gasteiger partial charge on any atom is 0.338 e. The number of nitrogens with zero attached hydrogens (tertiary/aromatic N) is 1. The molecule has 0 spiro atoms. The van der Waals surface area contributed by atoms with Crippen molar-refractivity contribution in [3.63, 3.8) is 0 Å². The number of ether oxygens (including phenoxy) is 2. The molecule has 32 heavy (non-hydrogen) atoms. The number of hydrogen-bond acceptors (Lipinski definition) is 3. The molecule has 0 aliphatic heterocycles. The lowest BCUT2D eigenvalue weighted by molar-refractivity contribution is 0.0526. The number of aromatic nitrogens is 1. The highest BCUT2D eigenvalue weighted by Gasteiger charge is 2.16. The fourth-order valence-corrected chi connectivity index (χ4v) is 3.81. The van der Waals surface area contributed by atoms with Gasteiger partial charge in [0.2, 0.25) is 0 Å². The first-order valence-electron chi connectivity index (χ1n) is 10.5. The van der Waals surface area contributed by atoms with Crippen molar-refractivity contribution in [2.24, 2.45) is 0 Å². The molecule has 4 aromatic rings. The Hall–Kier alpha value is -3.50. The average Bonchev–Trinajstić information content (AvgIpc) is 3.20. The molecule has 1 aromatic heterocycles. The fraction of sp³-hybridized carbons (Fsp3) is 0.148. The Balaban J connectivity index is 1.74. The third-order valence-corrected chi connectivity index (χ3v) is 5.38. The van der Waals surface area contributed by atoms with Crippen LogP contribution in [0.4, 0.5) is 0 Å². The second-order valence-electron chi connectivity index (χ2n) is 7.38. The van der Waals surface area contributed by atoms with Crippen LogP contribution in [0, 0.1) is 6.92 Å². The zero-order chi connectivity index (χ0) is 22.5. The molecule has 162 valence electrons. The quantitative estimate of drug-likeness (QED) is 0.292. The smallest absolute Gasteiger partial charge is 0.338 e. The lowest BCUT2D eigenvalue weighted by Gasteiger charge is -2.17. The normalized spacial score (nSPS) is 10.7. The molecule has 0 saturated carbocycles. The van der Waals surface area contributed by atoms with Gasteiger partial charge in [-0.25, -0.2) is 4.79 Å². The van der Waals surface area contributed by atoms with Crippen molar-refractivity contribution in [3.05, 3.63) is 107 Å². The van der Waals surface area contributed by atoms with Crippen LogP contribution in [0.25, 0.3) is 16.9 Å². The lowest BCUT2D eigenvalue weighted by Crippen LogP contribution is -2.07. The van der Waals surface area contributed by atoms with Gasteiger partial charge in [0.25, 0.3) is 0 Å². The molecule has 3 aromatic carbocycles. The standard InChI is InChI=1S/C27H24ClNO3/c1-3-31-27(30)21-10-7-11-23(16-21)29-19(2)12-14-25(29)24-17-22(28)13-15-26(24)32-18-20-8-5-4-6-9-20/h4-17H,3,18H2,1-2H3. The molecule has 1 heterocycles. The highest BCUT2D eigenvalue weighted by Crippen LogP contribution is 2.36. The van der Waals surface area contributed by atoms with Crippen molar-refractivity contribution in [2.45, 2.75) is 20.5 Å². The summed E-state index contributed by atoms with van der Waals surface area (Å²) in [6.45, 7) is 4.61. The number of hydrogen-bond donors (Lipinski definition) is 0. The molecule has 0 unspecified atom stereocenters. The maximum absolute atomic E-state index is 12.3. The molecule has 4 rings (SSSR count). The Morgan fingerprint density at radius 3 is 2.53 bits per heavy atom. The third kappa shape index (κ3) is 4.71. The first-order valence-corrected chi connectivity index (χ1v) is 10.9. The zero-order valence-corrected chi connectivity index (χ0v) is 18.8. The Labute approximate surface area is 193 Å². The topological polar surface area (TPSA) is 40.5 Å². The van der Waals surface area contributed by atoms with Crippen LogP contribution in [0.15, 0.2) is 84.9 Å². The Bertz CT molecular complexity index is 1230. The maximum atomic E-state index is 12.3. The van der Waals surface area contributed by atoms with E-state index in [2.05, 4.69) is 4.57 Å². The van der Waals surface area contributed by atoms with Crippen LogP contribution in [0.3, 0.4) is 0 Å². The molecule has 4 nitrogen and oxygen atoms in total. The average molecular weight is 446 g/mol. The molecule has 5 heteroatoms. The third-order valence-electron chi connectivity index (χ3n) is 5.15. The van der Waals surface area contributed by atoms with E-state index < -0.39 is 0 Å². The highest BCUT2D eigenvalue weighted by molar-refractivity contribution is 6.31. The molecular weight excluding hydrogens is 422 g/mol. The van der Waals surface area contributed by atoms with E-state index in [4.69, 9.17) is 21.1 Å². The summed E-state index contributed by atoms with van der Waals surface area (Å²) in [5.74, 6) is 0.398. The monoisotopic (exact) mass is 445 g/mol. The van der Waals surface area contributed by atoms with Crippen LogP contribution < -0.4 is 4.74 Å². The zero-order valence-electron chi connectivity index (χ0n) is 18.0. The second-order valence-corrected chi connectivity index (χ2v) is 7.82. The number of rotatable bonds is 7. The van der Waals surface area contributed by atoms with Crippen molar-refractivity contribution in [3.8, 4) is 22.7 Å². The number of carbonyl (C=O) groups excluding carboxylic acids is 1. The number of esters is 1. The molecule has 0 radical (unpaired) electrons. The van der Waals surface area contributed by atoms with Gasteiger partial charge >= 0.3 is 5.97 Å². The summed E-state index contributed by atoms with van der Waals surface area (Å²) in [6.07, 6.45) is 0. The molecular formula is C27H24ClNO3. The molecule has 0 aliphatic carbocycles. The molecule has 0 N–H and O–H groups in total. The molecule has 0 aliphatic rings. The van der Waals surface area contributed by atoms with Crippen molar-refractivity contribution >= 4 is 17.6 Å². The summed E-state index contributed by atoms with van der Waals surface area (Å²) in [5, 5.41) is 0.623. The van der Waals surface area contributed by atoms with E-state index in [1.54, 1.807) is 13.0 Å². The molecule has 0 fully saturated rings. The molecule has 0 atom stereocenters. The van der Waals surface area contributed by atoms with Crippen LogP contribution in [-0.2, 0) is 11.3 Å². The highest BCUT2D eigenvalue weighted by atomic mass is 35.5.